The van der Waals surface area contributed by atoms with Gasteiger partial charge in [0.1, 0.15) is 18.0 Å². The van der Waals surface area contributed by atoms with Crippen LogP contribution in [-0.2, 0) is 0 Å². The second-order valence-corrected chi connectivity index (χ2v) is 6.54. The maximum absolute atomic E-state index is 4.48. The van der Waals surface area contributed by atoms with Crippen LogP contribution in [-0.4, -0.2) is 29.6 Å². The summed E-state index contributed by atoms with van der Waals surface area (Å²) in [4.78, 5) is 11.2. The highest BCUT2D eigenvalue weighted by molar-refractivity contribution is 5.48. The molecule has 1 aromatic heterocycles. The van der Waals surface area contributed by atoms with Crippen LogP contribution in [0.25, 0.3) is 0 Å². The van der Waals surface area contributed by atoms with Crippen LogP contribution in [0.2, 0.25) is 0 Å². The molecule has 1 aromatic rings. The van der Waals surface area contributed by atoms with Crippen molar-refractivity contribution in [3.8, 4) is 0 Å². The third kappa shape index (κ3) is 7.30. The van der Waals surface area contributed by atoms with Gasteiger partial charge in [-0.2, -0.15) is 0 Å². The van der Waals surface area contributed by atoms with Crippen molar-refractivity contribution < 1.29 is 0 Å². The van der Waals surface area contributed by atoms with Gasteiger partial charge in [0, 0.05) is 25.7 Å². The molecule has 4 heteroatoms. The van der Waals surface area contributed by atoms with Gasteiger partial charge in [-0.25, -0.2) is 9.97 Å². The molecule has 0 aliphatic carbocycles. The summed E-state index contributed by atoms with van der Waals surface area (Å²) >= 11 is 0. The number of nitrogens with zero attached hydrogens (tertiary/aromatic N) is 3. The molecule has 120 valence electrons. The predicted octanol–water partition coefficient (Wildman–Crippen LogP) is 4.20. The zero-order chi connectivity index (χ0) is 15.7. The lowest BCUT2D eigenvalue weighted by Gasteiger charge is -2.25. The van der Waals surface area contributed by atoms with Crippen LogP contribution in [0.4, 0.5) is 11.6 Å². The molecule has 0 amide bonds. The third-order valence-corrected chi connectivity index (χ3v) is 3.49. The van der Waals surface area contributed by atoms with Gasteiger partial charge in [0.25, 0.3) is 0 Å². The molecular formula is C17H32N4. The van der Waals surface area contributed by atoms with E-state index in [0.29, 0.717) is 11.8 Å². The first-order valence-corrected chi connectivity index (χ1v) is 8.33. The summed E-state index contributed by atoms with van der Waals surface area (Å²) in [5.74, 6) is 3.41. The van der Waals surface area contributed by atoms with E-state index in [1.165, 1.54) is 12.8 Å². The Labute approximate surface area is 130 Å². The molecule has 0 unspecified atom stereocenters. The lowest BCUT2D eigenvalue weighted by Crippen LogP contribution is -2.28. The van der Waals surface area contributed by atoms with E-state index >= 15 is 0 Å². The van der Waals surface area contributed by atoms with Gasteiger partial charge in [-0.1, -0.05) is 34.6 Å². The largest absolute Gasteiger partial charge is 0.370 e. The quantitative estimate of drug-likeness (QED) is 0.702. The fourth-order valence-corrected chi connectivity index (χ4v) is 2.04. The van der Waals surface area contributed by atoms with E-state index in [1.807, 2.05) is 0 Å². The lowest BCUT2D eigenvalue weighted by atomic mass is 10.1. The van der Waals surface area contributed by atoms with Gasteiger partial charge in [-0.15, -0.1) is 0 Å². The van der Waals surface area contributed by atoms with Crippen molar-refractivity contribution in [3.63, 3.8) is 0 Å². The molecule has 0 bridgehead atoms. The number of hydrogen-bond donors (Lipinski definition) is 1. The highest BCUT2D eigenvalue weighted by Crippen LogP contribution is 2.17. The summed E-state index contributed by atoms with van der Waals surface area (Å²) in [7, 11) is 0. The Morgan fingerprint density at radius 1 is 1.05 bits per heavy atom. The molecule has 1 N–H and O–H groups in total. The van der Waals surface area contributed by atoms with E-state index < -0.39 is 0 Å². The highest BCUT2D eigenvalue weighted by Gasteiger charge is 2.11. The predicted molar refractivity (Wildman–Crippen MR) is 91.9 cm³/mol. The van der Waals surface area contributed by atoms with Crippen molar-refractivity contribution in [1.82, 2.24) is 9.97 Å². The molecule has 1 heterocycles. The first-order chi connectivity index (χ1) is 10.0. The average Bonchev–Trinajstić information content (AvgIpc) is 2.45. The normalized spacial score (nSPS) is 11.2. The maximum atomic E-state index is 4.48. The summed E-state index contributed by atoms with van der Waals surface area (Å²) < 4.78 is 0. The van der Waals surface area contributed by atoms with E-state index in [4.69, 9.17) is 0 Å². The molecule has 0 saturated carbocycles. The maximum Gasteiger partial charge on any atom is 0.134 e. The van der Waals surface area contributed by atoms with Crippen LogP contribution >= 0.6 is 0 Å². The number of rotatable bonds is 10. The minimum atomic E-state index is 0.714. The van der Waals surface area contributed by atoms with E-state index in [9.17, 15) is 0 Å². The first kappa shape index (κ1) is 17.7. The summed E-state index contributed by atoms with van der Waals surface area (Å²) in [5, 5.41) is 3.34. The van der Waals surface area contributed by atoms with E-state index in [-0.39, 0.29) is 0 Å². The van der Waals surface area contributed by atoms with Gasteiger partial charge in [0.15, 0.2) is 0 Å². The van der Waals surface area contributed by atoms with Gasteiger partial charge in [-0.05, 0) is 31.1 Å². The minimum Gasteiger partial charge on any atom is -0.370 e. The second-order valence-electron chi connectivity index (χ2n) is 6.54. The Hall–Kier alpha value is -1.32. The van der Waals surface area contributed by atoms with Gasteiger partial charge < -0.3 is 10.2 Å². The number of anilines is 2. The van der Waals surface area contributed by atoms with Crippen LogP contribution in [0.1, 0.15) is 53.9 Å². The number of hydrogen-bond acceptors (Lipinski definition) is 4. The Morgan fingerprint density at radius 2 is 1.67 bits per heavy atom. The average molecular weight is 292 g/mol. The zero-order valence-electron chi connectivity index (χ0n) is 14.4. The minimum absolute atomic E-state index is 0.714. The van der Waals surface area contributed by atoms with Gasteiger partial charge >= 0.3 is 0 Å². The molecule has 0 saturated heterocycles. The van der Waals surface area contributed by atoms with Crippen molar-refractivity contribution in [2.75, 3.05) is 29.9 Å². The molecule has 0 atom stereocenters. The fraction of sp³-hybridized carbons (Fsp3) is 0.765. The van der Waals surface area contributed by atoms with Crippen molar-refractivity contribution in [2.24, 2.45) is 11.8 Å². The van der Waals surface area contributed by atoms with Gasteiger partial charge in [-0.3, -0.25) is 0 Å². The fourth-order valence-electron chi connectivity index (χ4n) is 2.04. The summed E-state index contributed by atoms with van der Waals surface area (Å²) in [5.41, 5.74) is 0. The first-order valence-electron chi connectivity index (χ1n) is 8.33. The number of nitrogens with one attached hydrogen (secondary N) is 1. The Balaban J connectivity index is 2.74. The van der Waals surface area contributed by atoms with Crippen molar-refractivity contribution in [2.45, 2.75) is 53.9 Å². The summed E-state index contributed by atoms with van der Waals surface area (Å²) in [6.45, 7) is 14.3. The molecule has 4 nitrogen and oxygen atoms in total. The topological polar surface area (TPSA) is 41.0 Å². The number of aromatic nitrogens is 2. The van der Waals surface area contributed by atoms with Crippen LogP contribution in [0.15, 0.2) is 12.4 Å². The second kappa shape index (κ2) is 9.59. The SMILES string of the molecule is CCCNc1cc(N(CCC(C)C)CCC(C)C)ncn1. The summed E-state index contributed by atoms with van der Waals surface area (Å²) in [6, 6.07) is 2.08. The van der Waals surface area contributed by atoms with Crippen LogP contribution in [0, 0.1) is 11.8 Å². The molecule has 0 fully saturated rings. The Morgan fingerprint density at radius 3 is 2.19 bits per heavy atom. The van der Waals surface area contributed by atoms with Crippen LogP contribution in [0.5, 0.6) is 0 Å². The van der Waals surface area contributed by atoms with Crippen LogP contribution < -0.4 is 10.2 Å². The molecule has 0 aliphatic rings. The molecular weight excluding hydrogens is 260 g/mol. The highest BCUT2D eigenvalue weighted by atomic mass is 15.2. The third-order valence-electron chi connectivity index (χ3n) is 3.49. The molecule has 0 radical (unpaired) electrons. The van der Waals surface area contributed by atoms with Gasteiger partial charge in [0.2, 0.25) is 0 Å². The van der Waals surface area contributed by atoms with Crippen molar-refractivity contribution in [3.05, 3.63) is 12.4 Å². The molecule has 0 aliphatic heterocycles. The monoisotopic (exact) mass is 292 g/mol. The van der Waals surface area contributed by atoms with Crippen molar-refractivity contribution >= 4 is 11.6 Å². The molecule has 1 rings (SSSR count). The lowest BCUT2D eigenvalue weighted by molar-refractivity contribution is 0.533. The molecule has 0 spiro atoms. The smallest absolute Gasteiger partial charge is 0.134 e. The Bertz CT molecular complexity index is 378. The van der Waals surface area contributed by atoms with E-state index in [0.717, 1.165) is 37.7 Å². The summed E-state index contributed by atoms with van der Waals surface area (Å²) in [6.07, 6.45) is 5.16. The molecule has 21 heavy (non-hydrogen) atoms. The van der Waals surface area contributed by atoms with E-state index in [1.54, 1.807) is 6.33 Å². The standard InChI is InChI=1S/C17H32N4/c1-6-9-18-16-12-17(20-13-19-16)21(10-7-14(2)3)11-8-15(4)5/h12-15H,6-11H2,1-5H3,(H,18,19,20). The van der Waals surface area contributed by atoms with Crippen molar-refractivity contribution in [1.29, 1.82) is 0 Å². The molecule has 0 aromatic carbocycles. The Kier molecular flexibility index (Phi) is 8.09. The van der Waals surface area contributed by atoms with Gasteiger partial charge in [0.05, 0.1) is 0 Å². The zero-order valence-corrected chi connectivity index (χ0v) is 14.4. The van der Waals surface area contributed by atoms with E-state index in [2.05, 4.69) is 60.9 Å². The van der Waals surface area contributed by atoms with Crippen LogP contribution in [0.3, 0.4) is 0 Å².